The summed E-state index contributed by atoms with van der Waals surface area (Å²) in [5.74, 6) is -0.536. The van der Waals surface area contributed by atoms with Gasteiger partial charge in [-0.2, -0.15) is 18.2 Å². The fraction of sp³-hybridized carbons (Fsp3) is 0.778. The van der Waals surface area contributed by atoms with Gasteiger partial charge in [-0.3, -0.25) is 0 Å². The van der Waals surface area contributed by atoms with Gasteiger partial charge in [-0.25, -0.2) is 0 Å². The normalized spacial score (nSPS) is 20.8. The number of alkyl halides is 3. The van der Waals surface area contributed by atoms with E-state index in [-0.39, 0.29) is 5.95 Å². The van der Waals surface area contributed by atoms with Crippen molar-refractivity contribution in [2.75, 3.05) is 31.2 Å². The van der Waals surface area contributed by atoms with Gasteiger partial charge in [-0.15, -0.1) is 0 Å². The molecule has 0 bridgehead atoms. The number of ether oxygens (including phenoxy) is 1. The highest BCUT2D eigenvalue weighted by Crippen LogP contribution is 2.35. The van der Waals surface area contributed by atoms with Crippen LogP contribution in [0.2, 0.25) is 0 Å². The van der Waals surface area contributed by atoms with Crippen LogP contribution in [0.3, 0.4) is 0 Å². The predicted octanol–water partition coefficient (Wildman–Crippen LogP) is 0.642. The molecule has 1 aromatic rings. The fourth-order valence-corrected chi connectivity index (χ4v) is 1.44. The molecular formula is C9H13F3N4O2. The summed E-state index contributed by atoms with van der Waals surface area (Å²) in [5.41, 5.74) is 2.55. The van der Waals surface area contributed by atoms with E-state index in [0.29, 0.717) is 26.3 Å². The summed E-state index contributed by atoms with van der Waals surface area (Å²) in [7, 11) is 0. The van der Waals surface area contributed by atoms with Crippen LogP contribution in [-0.4, -0.2) is 42.6 Å². The lowest BCUT2D eigenvalue weighted by molar-refractivity contribution is -0.190. The average molecular weight is 266 g/mol. The monoisotopic (exact) mass is 266 g/mol. The van der Waals surface area contributed by atoms with Gasteiger partial charge in [0.2, 0.25) is 0 Å². The molecule has 0 amide bonds. The number of nitrogens with zero attached hydrogens (tertiary/aromatic N) is 3. The van der Waals surface area contributed by atoms with E-state index in [0.717, 1.165) is 6.92 Å². The average Bonchev–Trinajstić information content (AvgIpc) is 2.78. The van der Waals surface area contributed by atoms with Gasteiger partial charge in [0, 0.05) is 13.1 Å². The van der Waals surface area contributed by atoms with Gasteiger partial charge in [0.1, 0.15) is 0 Å². The lowest BCUT2D eigenvalue weighted by Crippen LogP contribution is -2.48. The number of hydrogen-bond acceptors (Lipinski definition) is 6. The van der Waals surface area contributed by atoms with Crippen molar-refractivity contribution in [2.24, 2.45) is 5.73 Å². The number of aromatic nitrogens is 2. The smallest absolute Gasteiger partial charge is 0.378 e. The molecule has 1 aliphatic rings. The second kappa shape index (κ2) is 4.39. The molecule has 0 spiro atoms. The van der Waals surface area contributed by atoms with Gasteiger partial charge >= 0.3 is 6.18 Å². The molecular weight excluding hydrogens is 253 g/mol. The van der Waals surface area contributed by atoms with Gasteiger partial charge < -0.3 is 19.9 Å². The summed E-state index contributed by atoms with van der Waals surface area (Å²) in [6.45, 7) is 2.76. The zero-order chi connectivity index (χ0) is 13.4. The molecule has 1 aromatic heterocycles. The Bertz CT molecular complexity index is 412. The molecule has 2 rings (SSSR count). The third-order valence-corrected chi connectivity index (χ3v) is 2.74. The summed E-state index contributed by atoms with van der Waals surface area (Å²) in [5, 5.41) is 3.52. The Labute approximate surface area is 101 Å². The molecule has 1 saturated heterocycles. The van der Waals surface area contributed by atoms with E-state index in [1.165, 1.54) is 0 Å². The van der Waals surface area contributed by atoms with Crippen LogP contribution >= 0.6 is 0 Å². The number of nitrogens with two attached hydrogens (primary N) is 1. The van der Waals surface area contributed by atoms with Crippen molar-refractivity contribution in [3.8, 4) is 0 Å². The number of morpholine rings is 1. The molecule has 0 saturated carbocycles. The number of anilines is 1. The first-order valence-electron chi connectivity index (χ1n) is 5.35. The fourth-order valence-electron chi connectivity index (χ4n) is 1.44. The van der Waals surface area contributed by atoms with E-state index in [4.69, 9.17) is 10.5 Å². The summed E-state index contributed by atoms with van der Waals surface area (Å²) in [4.78, 5) is 5.40. The minimum Gasteiger partial charge on any atom is -0.378 e. The van der Waals surface area contributed by atoms with Crippen LogP contribution in [0.25, 0.3) is 0 Å². The first-order valence-corrected chi connectivity index (χ1v) is 5.35. The van der Waals surface area contributed by atoms with Crippen LogP contribution < -0.4 is 10.6 Å². The first-order chi connectivity index (χ1) is 8.32. The first kappa shape index (κ1) is 13.1. The van der Waals surface area contributed by atoms with E-state index in [9.17, 15) is 13.2 Å². The van der Waals surface area contributed by atoms with Crippen molar-refractivity contribution in [3.05, 3.63) is 5.89 Å². The van der Waals surface area contributed by atoms with Crippen molar-refractivity contribution >= 4 is 5.95 Å². The van der Waals surface area contributed by atoms with Gasteiger partial charge in [-0.05, 0) is 12.1 Å². The molecule has 0 aliphatic carbocycles. The lowest BCUT2D eigenvalue weighted by atomic mass is 10.0. The summed E-state index contributed by atoms with van der Waals surface area (Å²) in [6, 6.07) is 0. The summed E-state index contributed by atoms with van der Waals surface area (Å²) < 4.78 is 47.8. The summed E-state index contributed by atoms with van der Waals surface area (Å²) >= 11 is 0. The largest absolute Gasteiger partial charge is 0.415 e. The van der Waals surface area contributed by atoms with Gasteiger partial charge in [-0.1, -0.05) is 0 Å². The molecule has 0 aromatic carbocycles. The molecule has 102 valence electrons. The van der Waals surface area contributed by atoms with Gasteiger partial charge in [0.05, 0.1) is 13.2 Å². The van der Waals surface area contributed by atoms with Crippen molar-refractivity contribution in [3.63, 3.8) is 0 Å². The highest BCUT2D eigenvalue weighted by Gasteiger charge is 2.53. The van der Waals surface area contributed by atoms with Crippen molar-refractivity contribution in [2.45, 2.75) is 18.6 Å². The predicted molar refractivity (Wildman–Crippen MR) is 54.9 cm³/mol. The number of halogens is 3. The van der Waals surface area contributed by atoms with Crippen molar-refractivity contribution < 1.29 is 22.4 Å². The second-order valence-corrected chi connectivity index (χ2v) is 4.20. The van der Waals surface area contributed by atoms with Crippen LogP contribution in [0.15, 0.2) is 4.52 Å². The molecule has 1 aliphatic heterocycles. The Kier molecular flexibility index (Phi) is 3.20. The molecule has 0 radical (unpaired) electrons. The van der Waals surface area contributed by atoms with E-state index in [2.05, 4.69) is 14.7 Å². The maximum Gasteiger partial charge on any atom is 0.415 e. The topological polar surface area (TPSA) is 77.4 Å². The van der Waals surface area contributed by atoms with Gasteiger partial charge in [0.15, 0.2) is 5.54 Å². The van der Waals surface area contributed by atoms with Crippen molar-refractivity contribution in [1.29, 1.82) is 0 Å². The van der Waals surface area contributed by atoms with Crippen LogP contribution in [0.4, 0.5) is 19.1 Å². The minimum absolute atomic E-state index is 0.106. The maximum absolute atomic E-state index is 12.7. The second-order valence-electron chi connectivity index (χ2n) is 4.20. The quantitative estimate of drug-likeness (QED) is 0.846. The van der Waals surface area contributed by atoms with E-state index >= 15 is 0 Å². The molecule has 9 heteroatoms. The zero-order valence-electron chi connectivity index (χ0n) is 9.70. The number of hydrogen-bond donors (Lipinski definition) is 1. The zero-order valence-corrected chi connectivity index (χ0v) is 9.70. The Balaban J connectivity index is 2.19. The van der Waals surface area contributed by atoms with E-state index in [1.807, 2.05) is 0 Å². The Morgan fingerprint density at radius 1 is 1.28 bits per heavy atom. The Morgan fingerprint density at radius 3 is 2.44 bits per heavy atom. The molecule has 2 heterocycles. The Hall–Kier alpha value is -1.35. The third kappa shape index (κ3) is 2.27. The Morgan fingerprint density at radius 2 is 1.89 bits per heavy atom. The standard InChI is InChI=1S/C9H13F3N4O2/c1-8(13,9(10,11)12)6-14-7(15-18-6)16-2-4-17-5-3-16/h2-5,13H2,1H3. The van der Waals surface area contributed by atoms with Crippen LogP contribution in [0.1, 0.15) is 12.8 Å². The molecule has 18 heavy (non-hydrogen) atoms. The highest BCUT2D eigenvalue weighted by molar-refractivity contribution is 5.29. The molecule has 6 nitrogen and oxygen atoms in total. The van der Waals surface area contributed by atoms with Gasteiger partial charge in [0.25, 0.3) is 11.8 Å². The molecule has 1 fully saturated rings. The lowest BCUT2D eigenvalue weighted by Gasteiger charge is -2.25. The van der Waals surface area contributed by atoms with E-state index in [1.54, 1.807) is 4.90 Å². The maximum atomic E-state index is 12.7. The molecule has 1 unspecified atom stereocenters. The molecule has 1 atom stereocenters. The van der Waals surface area contributed by atoms with Crippen LogP contribution in [0, 0.1) is 0 Å². The van der Waals surface area contributed by atoms with Crippen LogP contribution in [0.5, 0.6) is 0 Å². The van der Waals surface area contributed by atoms with E-state index < -0.39 is 17.6 Å². The highest BCUT2D eigenvalue weighted by atomic mass is 19.4. The van der Waals surface area contributed by atoms with Crippen LogP contribution in [-0.2, 0) is 10.3 Å². The third-order valence-electron chi connectivity index (χ3n) is 2.74. The summed E-state index contributed by atoms with van der Waals surface area (Å²) in [6.07, 6.45) is -4.65. The minimum atomic E-state index is -4.65. The number of rotatable bonds is 2. The van der Waals surface area contributed by atoms with Crippen molar-refractivity contribution in [1.82, 2.24) is 10.1 Å². The molecule has 2 N–H and O–H groups in total. The SMILES string of the molecule is CC(N)(c1nc(N2CCOCC2)no1)C(F)(F)F.